The molecule has 0 radical (unpaired) electrons. The van der Waals surface area contributed by atoms with E-state index in [9.17, 15) is 39.6 Å². The van der Waals surface area contributed by atoms with Crippen molar-refractivity contribution in [1.29, 1.82) is 0 Å². The highest BCUT2D eigenvalue weighted by Crippen LogP contribution is 2.20. The predicted octanol–water partition coefficient (Wildman–Crippen LogP) is 0.466. The molecule has 4 aromatic rings. The van der Waals surface area contributed by atoms with Crippen LogP contribution in [0.2, 0.25) is 0 Å². The molecule has 4 unspecified atom stereocenters. The molecule has 0 saturated carbocycles. The molecule has 13 heteroatoms. The fraction of sp³-hybridized carbons (Fsp3) is 0.250. The first kappa shape index (κ1) is 32.5. The molecule has 0 aliphatic carbocycles. The smallest absolute Gasteiger partial charge is 0.326 e. The predicted molar refractivity (Wildman–Crippen MR) is 164 cm³/mol. The molecule has 13 nitrogen and oxygen atoms in total. The summed E-state index contributed by atoms with van der Waals surface area (Å²) in [6, 6.07) is 14.0. The SMILES string of the molecule is NC(CO)C(=O)NC(Cc1ccc(O)cc1)C(=O)NC(Cc1c[nH]c2ccccc12)C(=O)NC(Cc1ccc(O)cc1)C(=O)O. The number of amides is 3. The third kappa shape index (κ3) is 8.81. The molecule has 0 fully saturated rings. The van der Waals surface area contributed by atoms with Gasteiger partial charge in [0, 0.05) is 36.4 Å². The van der Waals surface area contributed by atoms with Gasteiger partial charge < -0.3 is 47.1 Å². The summed E-state index contributed by atoms with van der Waals surface area (Å²) in [7, 11) is 0. The summed E-state index contributed by atoms with van der Waals surface area (Å²) < 4.78 is 0. The Hall–Kier alpha value is -5.40. The van der Waals surface area contributed by atoms with Crippen LogP contribution in [-0.2, 0) is 38.4 Å². The zero-order valence-corrected chi connectivity index (χ0v) is 24.1. The maximum Gasteiger partial charge on any atom is 0.326 e. The maximum absolute atomic E-state index is 13.7. The highest BCUT2D eigenvalue weighted by atomic mass is 16.4. The van der Waals surface area contributed by atoms with Gasteiger partial charge in [-0.2, -0.15) is 0 Å². The van der Waals surface area contributed by atoms with E-state index in [1.165, 1.54) is 36.4 Å². The summed E-state index contributed by atoms with van der Waals surface area (Å²) in [5, 5.41) is 46.9. The first-order valence-electron chi connectivity index (χ1n) is 14.1. The standard InChI is InChI=1S/C32H35N5O8/c33-24(17-38)29(41)35-26(13-18-5-9-21(39)10-6-18)30(42)36-27(15-20-16-34-25-4-2-1-3-23(20)25)31(43)37-28(32(44)45)14-19-7-11-22(40)12-8-19/h1-12,16,24,26-28,34,38-40H,13-15,17,33H2,(H,35,41)(H,36,42)(H,37,43)(H,44,45). The minimum absolute atomic E-state index is 0.00171. The number of rotatable bonds is 14. The molecular weight excluding hydrogens is 582 g/mol. The number of aromatic nitrogens is 1. The number of benzene rings is 3. The summed E-state index contributed by atoms with van der Waals surface area (Å²) in [5.74, 6) is -3.63. The molecule has 3 aromatic carbocycles. The first-order chi connectivity index (χ1) is 21.5. The van der Waals surface area contributed by atoms with Crippen LogP contribution in [0, 0.1) is 0 Å². The van der Waals surface area contributed by atoms with Crippen LogP contribution in [0.25, 0.3) is 10.9 Å². The van der Waals surface area contributed by atoms with Crippen molar-refractivity contribution in [3.63, 3.8) is 0 Å². The molecule has 4 atom stereocenters. The minimum atomic E-state index is -1.36. The van der Waals surface area contributed by atoms with Gasteiger partial charge in [0.1, 0.15) is 35.7 Å². The molecule has 45 heavy (non-hydrogen) atoms. The van der Waals surface area contributed by atoms with Gasteiger partial charge in [-0.25, -0.2) is 4.79 Å². The fourth-order valence-electron chi connectivity index (χ4n) is 4.78. The average Bonchev–Trinajstić information content (AvgIpc) is 3.44. The van der Waals surface area contributed by atoms with Crippen molar-refractivity contribution in [3.8, 4) is 11.5 Å². The lowest BCUT2D eigenvalue weighted by atomic mass is 10.0. The van der Waals surface area contributed by atoms with E-state index in [1.807, 2.05) is 24.3 Å². The zero-order chi connectivity index (χ0) is 32.5. The molecule has 10 N–H and O–H groups in total. The highest BCUT2D eigenvalue weighted by molar-refractivity contribution is 5.95. The third-order valence-electron chi connectivity index (χ3n) is 7.27. The molecule has 1 heterocycles. The average molecular weight is 618 g/mol. The Morgan fingerprint density at radius 1 is 0.689 bits per heavy atom. The van der Waals surface area contributed by atoms with Gasteiger partial charge in [-0.15, -0.1) is 0 Å². The number of carbonyl (C=O) groups is 4. The summed E-state index contributed by atoms with van der Waals surface area (Å²) in [6.45, 7) is -0.664. The number of hydrogen-bond donors (Lipinski definition) is 9. The zero-order valence-electron chi connectivity index (χ0n) is 24.1. The number of fused-ring (bicyclic) bond motifs is 1. The van der Waals surface area contributed by atoms with Crippen LogP contribution < -0.4 is 21.7 Å². The molecule has 1 aromatic heterocycles. The second-order valence-electron chi connectivity index (χ2n) is 10.6. The van der Waals surface area contributed by atoms with E-state index < -0.39 is 54.5 Å². The molecule has 236 valence electrons. The van der Waals surface area contributed by atoms with Crippen molar-refractivity contribution in [3.05, 3.63) is 95.7 Å². The lowest BCUT2D eigenvalue weighted by Gasteiger charge is -2.25. The van der Waals surface area contributed by atoms with Crippen molar-refractivity contribution in [1.82, 2.24) is 20.9 Å². The Bertz CT molecular complexity index is 1640. The van der Waals surface area contributed by atoms with E-state index in [2.05, 4.69) is 20.9 Å². The second-order valence-corrected chi connectivity index (χ2v) is 10.6. The number of H-pyrrole nitrogens is 1. The van der Waals surface area contributed by atoms with Crippen LogP contribution >= 0.6 is 0 Å². The Morgan fingerprint density at radius 3 is 1.73 bits per heavy atom. The van der Waals surface area contributed by atoms with Crippen LogP contribution in [-0.4, -0.2) is 79.9 Å². The monoisotopic (exact) mass is 617 g/mol. The van der Waals surface area contributed by atoms with Gasteiger partial charge in [0.25, 0.3) is 0 Å². The maximum atomic E-state index is 13.7. The molecular formula is C32H35N5O8. The Balaban J connectivity index is 1.61. The van der Waals surface area contributed by atoms with Crippen LogP contribution in [0.5, 0.6) is 11.5 Å². The summed E-state index contributed by atoms with van der Waals surface area (Å²) in [5.41, 5.74) is 8.26. The summed E-state index contributed by atoms with van der Waals surface area (Å²) >= 11 is 0. The quantitative estimate of drug-likeness (QED) is 0.0956. The number of carboxylic acids is 1. The van der Waals surface area contributed by atoms with Gasteiger partial charge in [-0.3, -0.25) is 14.4 Å². The van der Waals surface area contributed by atoms with E-state index in [4.69, 9.17) is 5.73 Å². The highest BCUT2D eigenvalue weighted by Gasteiger charge is 2.31. The van der Waals surface area contributed by atoms with Gasteiger partial charge >= 0.3 is 5.97 Å². The number of nitrogens with two attached hydrogens (primary N) is 1. The molecule has 0 spiro atoms. The number of phenolic OH excluding ortho intramolecular Hbond substituents is 2. The van der Waals surface area contributed by atoms with Crippen molar-refractivity contribution < 1.29 is 39.6 Å². The first-order valence-corrected chi connectivity index (χ1v) is 14.1. The largest absolute Gasteiger partial charge is 0.508 e. The van der Waals surface area contributed by atoms with Crippen LogP contribution in [0.15, 0.2) is 79.0 Å². The van der Waals surface area contributed by atoms with Gasteiger partial charge in [-0.05, 0) is 47.0 Å². The van der Waals surface area contributed by atoms with Crippen molar-refractivity contribution >= 4 is 34.6 Å². The van der Waals surface area contributed by atoms with Crippen molar-refractivity contribution in [2.75, 3.05) is 6.61 Å². The molecule has 0 aliphatic rings. The van der Waals surface area contributed by atoms with Gasteiger partial charge in [0.15, 0.2) is 0 Å². The van der Waals surface area contributed by atoms with E-state index in [0.29, 0.717) is 16.7 Å². The Kier molecular flexibility index (Phi) is 10.7. The normalized spacial score (nSPS) is 13.7. The minimum Gasteiger partial charge on any atom is -0.508 e. The van der Waals surface area contributed by atoms with E-state index in [-0.39, 0.29) is 30.8 Å². The Labute approximate surface area is 258 Å². The van der Waals surface area contributed by atoms with E-state index in [1.54, 1.807) is 18.3 Å². The third-order valence-corrected chi connectivity index (χ3v) is 7.27. The number of phenols is 2. The number of para-hydroxylation sites is 1. The van der Waals surface area contributed by atoms with E-state index >= 15 is 0 Å². The number of aliphatic hydroxyl groups excluding tert-OH is 1. The van der Waals surface area contributed by atoms with Gasteiger partial charge in [0.2, 0.25) is 17.7 Å². The molecule has 0 bridgehead atoms. The van der Waals surface area contributed by atoms with E-state index in [0.717, 1.165) is 10.9 Å². The number of aliphatic hydroxyl groups is 1. The summed E-state index contributed by atoms with van der Waals surface area (Å²) in [6.07, 6.45) is 1.53. The number of aromatic amines is 1. The van der Waals surface area contributed by atoms with Crippen LogP contribution in [0.4, 0.5) is 0 Å². The van der Waals surface area contributed by atoms with Crippen LogP contribution in [0.3, 0.4) is 0 Å². The number of aliphatic carboxylic acids is 1. The van der Waals surface area contributed by atoms with Crippen LogP contribution in [0.1, 0.15) is 16.7 Å². The number of carboxylic acid groups (broad SMARTS) is 1. The van der Waals surface area contributed by atoms with Crippen molar-refractivity contribution in [2.45, 2.75) is 43.4 Å². The molecule has 4 rings (SSSR count). The number of nitrogens with one attached hydrogen (secondary N) is 4. The van der Waals surface area contributed by atoms with Crippen molar-refractivity contribution in [2.24, 2.45) is 5.73 Å². The number of carbonyl (C=O) groups excluding carboxylic acids is 3. The van der Waals surface area contributed by atoms with Gasteiger partial charge in [0.05, 0.1) is 6.61 Å². The topological polar surface area (TPSA) is 227 Å². The Morgan fingerprint density at radius 2 is 1.18 bits per heavy atom. The number of aromatic hydroxyl groups is 2. The summed E-state index contributed by atoms with van der Waals surface area (Å²) in [4.78, 5) is 55.2. The molecule has 3 amide bonds. The number of hydrogen-bond acceptors (Lipinski definition) is 8. The molecule has 0 aliphatic heterocycles. The lowest BCUT2D eigenvalue weighted by Crippen LogP contribution is -2.58. The molecule has 0 saturated heterocycles. The fourth-order valence-corrected chi connectivity index (χ4v) is 4.78. The van der Waals surface area contributed by atoms with Gasteiger partial charge in [-0.1, -0.05) is 42.5 Å². The second kappa shape index (κ2) is 14.9. The lowest BCUT2D eigenvalue weighted by molar-refractivity contribution is -0.142.